The predicted octanol–water partition coefficient (Wildman–Crippen LogP) is 4.45. The van der Waals surface area contributed by atoms with Crippen molar-refractivity contribution in [2.45, 2.75) is 77.9 Å². The number of piperidine rings is 1. The van der Waals surface area contributed by atoms with Gasteiger partial charge in [0.15, 0.2) is 0 Å². The number of carbonyl (C=O) groups is 2. The van der Waals surface area contributed by atoms with E-state index in [1.54, 1.807) is 27.7 Å². The molecule has 1 saturated heterocycles. The third-order valence-electron chi connectivity index (χ3n) is 6.90. The lowest BCUT2D eigenvalue weighted by molar-refractivity contribution is 0.0478. The molecule has 8 nitrogen and oxygen atoms in total. The number of pyridine rings is 2. The number of rotatable bonds is 5. The molecule has 0 unspecified atom stereocenters. The van der Waals surface area contributed by atoms with Gasteiger partial charge >= 0.3 is 12.1 Å². The van der Waals surface area contributed by atoms with Crippen molar-refractivity contribution in [3.63, 3.8) is 0 Å². The number of halogens is 1. The minimum atomic E-state index is -1.34. The molecular weight excluding hydrogens is 453 g/mol. The number of carbonyl (C=O) groups excluding carboxylic acids is 1. The topological polar surface area (TPSA) is 100 Å². The molecule has 1 saturated carbocycles. The van der Waals surface area contributed by atoms with Crippen LogP contribution in [-0.4, -0.2) is 46.3 Å². The quantitative estimate of drug-likeness (QED) is 0.646. The third-order valence-corrected chi connectivity index (χ3v) is 6.90. The molecule has 35 heavy (non-hydrogen) atoms. The highest BCUT2D eigenvalue weighted by Gasteiger charge is 2.39. The third kappa shape index (κ3) is 4.99. The van der Waals surface area contributed by atoms with E-state index in [1.807, 2.05) is 4.90 Å². The number of amides is 1. The van der Waals surface area contributed by atoms with E-state index in [0.717, 1.165) is 41.8 Å². The molecule has 0 aromatic carbocycles. The molecular formula is C26H34FN3O5. The van der Waals surface area contributed by atoms with Crippen molar-refractivity contribution in [1.29, 1.82) is 0 Å². The van der Waals surface area contributed by atoms with Crippen LogP contribution in [0.15, 0.2) is 17.1 Å². The Bertz CT molecular complexity index is 1230. The molecule has 2 atom stereocenters. The molecule has 0 bridgehead atoms. The van der Waals surface area contributed by atoms with Gasteiger partial charge in [0.25, 0.3) is 5.56 Å². The van der Waals surface area contributed by atoms with Crippen molar-refractivity contribution in [3.8, 4) is 0 Å². The summed E-state index contributed by atoms with van der Waals surface area (Å²) < 4.78 is 20.8. The minimum absolute atomic E-state index is 0.101. The van der Waals surface area contributed by atoms with Gasteiger partial charge in [-0.3, -0.25) is 9.20 Å². The van der Waals surface area contributed by atoms with E-state index in [1.165, 1.54) is 6.07 Å². The number of carboxylic acids is 1. The van der Waals surface area contributed by atoms with Gasteiger partial charge in [0.2, 0.25) is 0 Å². The second-order valence-electron chi connectivity index (χ2n) is 10.7. The summed E-state index contributed by atoms with van der Waals surface area (Å²) in [6.45, 7) is 10.1. The molecule has 9 heteroatoms. The zero-order valence-corrected chi connectivity index (χ0v) is 21.0. The summed E-state index contributed by atoms with van der Waals surface area (Å²) in [5, 5.41) is 13.1. The molecule has 190 valence electrons. The summed E-state index contributed by atoms with van der Waals surface area (Å²) in [4.78, 5) is 40.3. The largest absolute Gasteiger partial charge is 0.477 e. The van der Waals surface area contributed by atoms with Crippen LogP contribution in [0.5, 0.6) is 0 Å². The Morgan fingerprint density at radius 1 is 1.26 bits per heavy atom. The highest BCUT2D eigenvalue weighted by molar-refractivity contribution is 5.97. The van der Waals surface area contributed by atoms with Crippen LogP contribution in [-0.2, 0) is 4.74 Å². The van der Waals surface area contributed by atoms with Gasteiger partial charge in [-0.15, -0.1) is 0 Å². The van der Waals surface area contributed by atoms with E-state index in [4.69, 9.17) is 4.74 Å². The maximum Gasteiger partial charge on any atom is 0.407 e. The summed E-state index contributed by atoms with van der Waals surface area (Å²) >= 11 is 0. The summed E-state index contributed by atoms with van der Waals surface area (Å²) in [7, 11) is 0. The number of aromatic nitrogens is 1. The van der Waals surface area contributed by atoms with Gasteiger partial charge in [0.1, 0.15) is 17.0 Å². The maximum atomic E-state index is 14.2. The average Bonchev–Trinajstić information content (AvgIpc) is 3.57. The molecule has 1 aliphatic carbocycles. The number of nitrogens with zero attached hydrogens (tertiary/aromatic N) is 2. The standard InChI is InChI=1S/C26H34FN3O5/c1-6-15-9-10-29(13-18(15)28-25(34)35-26(3,4)5)22-19(16-7-8-16)21-14(2)11-17(27)12-30(21)23(31)20(22)24(32)33/h11-12,15-16,18H,6-10,13H2,1-5H3,(H,28,34)(H,32,33)/t15-,18-/m1/s1. The Morgan fingerprint density at radius 2 is 1.94 bits per heavy atom. The van der Waals surface area contributed by atoms with Crippen molar-refractivity contribution in [3.05, 3.63) is 45.1 Å². The predicted molar refractivity (Wildman–Crippen MR) is 131 cm³/mol. The number of hydrogen-bond donors (Lipinski definition) is 2. The van der Waals surface area contributed by atoms with Crippen LogP contribution < -0.4 is 15.8 Å². The van der Waals surface area contributed by atoms with Crippen molar-refractivity contribution in [2.75, 3.05) is 18.0 Å². The molecule has 2 aromatic rings. The van der Waals surface area contributed by atoms with Gasteiger partial charge < -0.3 is 20.1 Å². The van der Waals surface area contributed by atoms with Crippen LogP contribution in [0.1, 0.15) is 80.8 Å². The smallest absolute Gasteiger partial charge is 0.407 e. The van der Waals surface area contributed by atoms with Crippen LogP contribution in [0.25, 0.3) is 5.52 Å². The molecule has 2 fully saturated rings. The number of aromatic carboxylic acids is 1. The van der Waals surface area contributed by atoms with Crippen molar-refractivity contribution in [2.24, 2.45) is 5.92 Å². The lowest BCUT2D eigenvalue weighted by Gasteiger charge is -2.41. The molecule has 2 aromatic heterocycles. The SMILES string of the molecule is CC[C@@H]1CCN(c2c(C(=O)O)c(=O)n3cc(F)cc(C)c3c2C2CC2)C[C@H]1NC(=O)OC(C)(C)C. The summed E-state index contributed by atoms with van der Waals surface area (Å²) in [6, 6.07) is 1.10. The Balaban J connectivity index is 1.83. The fourth-order valence-corrected chi connectivity index (χ4v) is 5.26. The van der Waals surface area contributed by atoms with Crippen LogP contribution in [0, 0.1) is 18.7 Å². The van der Waals surface area contributed by atoms with Gasteiger partial charge in [0.05, 0.1) is 17.2 Å². The highest BCUT2D eigenvalue weighted by Crippen LogP contribution is 2.48. The fourth-order valence-electron chi connectivity index (χ4n) is 5.26. The lowest BCUT2D eigenvalue weighted by Crippen LogP contribution is -2.54. The van der Waals surface area contributed by atoms with Crippen molar-refractivity contribution >= 4 is 23.3 Å². The van der Waals surface area contributed by atoms with E-state index in [2.05, 4.69) is 12.2 Å². The van der Waals surface area contributed by atoms with Gasteiger partial charge in [-0.25, -0.2) is 14.0 Å². The molecule has 1 aliphatic heterocycles. The molecule has 2 N–H and O–H groups in total. The van der Waals surface area contributed by atoms with Gasteiger partial charge in [-0.2, -0.15) is 0 Å². The Morgan fingerprint density at radius 3 is 2.51 bits per heavy atom. The molecule has 4 rings (SSSR count). The first-order valence-electron chi connectivity index (χ1n) is 12.3. The fraction of sp³-hybridized carbons (Fsp3) is 0.577. The van der Waals surface area contributed by atoms with Crippen LogP contribution in [0.3, 0.4) is 0 Å². The van der Waals surface area contributed by atoms with E-state index in [-0.39, 0.29) is 23.4 Å². The highest BCUT2D eigenvalue weighted by atomic mass is 19.1. The monoisotopic (exact) mass is 487 g/mol. The number of hydrogen-bond acceptors (Lipinski definition) is 5. The zero-order chi connectivity index (χ0) is 25.7. The van der Waals surface area contributed by atoms with Gasteiger partial charge in [-0.05, 0) is 70.4 Å². The summed E-state index contributed by atoms with van der Waals surface area (Å²) in [5.74, 6) is -1.64. The summed E-state index contributed by atoms with van der Waals surface area (Å²) in [6.07, 6.45) is 3.87. The molecule has 2 aliphatic rings. The Labute approximate surface area is 204 Å². The Hall–Kier alpha value is -3.10. The molecule has 0 radical (unpaired) electrons. The second kappa shape index (κ2) is 9.17. The van der Waals surface area contributed by atoms with Crippen molar-refractivity contribution < 1.29 is 23.8 Å². The van der Waals surface area contributed by atoms with Crippen LogP contribution in [0.2, 0.25) is 0 Å². The number of alkyl carbamates (subject to hydrolysis) is 1. The van der Waals surface area contributed by atoms with Crippen LogP contribution >= 0.6 is 0 Å². The number of carboxylic acid groups (broad SMARTS) is 1. The number of fused-ring (bicyclic) bond motifs is 1. The first-order chi connectivity index (χ1) is 16.4. The number of nitrogens with one attached hydrogen (secondary N) is 1. The number of ether oxygens (including phenoxy) is 1. The van der Waals surface area contributed by atoms with E-state index in [0.29, 0.717) is 29.9 Å². The van der Waals surface area contributed by atoms with E-state index < -0.39 is 29.0 Å². The van der Waals surface area contributed by atoms with Gasteiger partial charge in [0, 0.05) is 24.8 Å². The lowest BCUT2D eigenvalue weighted by atomic mass is 9.88. The first kappa shape index (κ1) is 25.0. The summed E-state index contributed by atoms with van der Waals surface area (Å²) in [5.41, 5.74) is 0.623. The van der Waals surface area contributed by atoms with E-state index in [9.17, 15) is 23.9 Å². The second-order valence-corrected chi connectivity index (χ2v) is 10.7. The average molecular weight is 488 g/mol. The van der Waals surface area contributed by atoms with Gasteiger partial charge in [-0.1, -0.05) is 13.3 Å². The minimum Gasteiger partial charge on any atom is -0.477 e. The first-order valence-corrected chi connectivity index (χ1v) is 12.3. The normalized spacial score (nSPS) is 20.7. The molecule has 3 heterocycles. The zero-order valence-electron chi connectivity index (χ0n) is 21.0. The van der Waals surface area contributed by atoms with E-state index >= 15 is 0 Å². The number of anilines is 1. The maximum absolute atomic E-state index is 14.2. The van der Waals surface area contributed by atoms with Crippen molar-refractivity contribution in [1.82, 2.24) is 9.72 Å². The molecule has 1 amide bonds. The van der Waals surface area contributed by atoms with Crippen LogP contribution in [0.4, 0.5) is 14.9 Å². The molecule has 0 spiro atoms. The Kier molecular flexibility index (Phi) is 6.55. The number of aryl methyl sites for hydroxylation is 1.